The van der Waals surface area contributed by atoms with Crippen molar-refractivity contribution < 1.29 is 14.3 Å². The first kappa shape index (κ1) is 23.1. The summed E-state index contributed by atoms with van der Waals surface area (Å²) in [5.41, 5.74) is 5.41. The Morgan fingerprint density at radius 1 is 1.09 bits per heavy atom. The van der Waals surface area contributed by atoms with E-state index in [4.69, 9.17) is 4.74 Å². The van der Waals surface area contributed by atoms with E-state index in [1.54, 1.807) is 6.92 Å². The number of amides is 1. The summed E-state index contributed by atoms with van der Waals surface area (Å²) in [6.45, 7) is 9.07. The van der Waals surface area contributed by atoms with Gasteiger partial charge in [-0.15, -0.1) is 0 Å². The lowest BCUT2D eigenvalue weighted by atomic mass is 9.44. The van der Waals surface area contributed by atoms with Gasteiger partial charge in [-0.1, -0.05) is 32.3 Å². The molecule has 5 heteroatoms. The van der Waals surface area contributed by atoms with Gasteiger partial charge in [0.05, 0.1) is 12.3 Å². The summed E-state index contributed by atoms with van der Waals surface area (Å²) in [5, 5.41) is 4.35. The van der Waals surface area contributed by atoms with Crippen molar-refractivity contribution >= 4 is 17.6 Å². The van der Waals surface area contributed by atoms with E-state index >= 15 is 0 Å². The number of rotatable bonds is 3. The minimum absolute atomic E-state index is 0.0525. The average molecular weight is 455 g/mol. The standard InChI is InChI=1S/C28H42N2O3/c1-5-33-25(32)30-29-21-11-14-26(3)19(16-21)9-10-22-23(26)12-15-27(4)24(22)17-20-8-6-7-13-28(20,27)18(2)31/h16,20,22-24H,5-15,17H2,1-4H3,(H,30,32)/b29-21-/t20-,22+,23-,24+,26+,27+,28+/m1/s1. The van der Waals surface area contributed by atoms with E-state index in [1.165, 1.54) is 50.5 Å². The first-order valence-electron chi connectivity index (χ1n) is 13.5. The van der Waals surface area contributed by atoms with Gasteiger partial charge in [-0.05, 0) is 112 Å². The van der Waals surface area contributed by atoms with Crippen molar-refractivity contribution in [2.24, 2.45) is 45.0 Å². The lowest BCUT2D eigenvalue weighted by Crippen LogP contribution is -2.55. The van der Waals surface area contributed by atoms with Crippen molar-refractivity contribution in [3.05, 3.63) is 11.6 Å². The Hall–Kier alpha value is -1.65. The van der Waals surface area contributed by atoms with Crippen molar-refractivity contribution in [3.8, 4) is 0 Å². The number of Topliss-reactive ketones (excluding diaryl/α,β-unsaturated/α-hetero) is 1. The van der Waals surface area contributed by atoms with Crippen molar-refractivity contribution in [2.45, 2.75) is 98.3 Å². The summed E-state index contributed by atoms with van der Waals surface area (Å²) < 4.78 is 4.94. The van der Waals surface area contributed by atoms with Crippen molar-refractivity contribution in [1.82, 2.24) is 5.43 Å². The van der Waals surface area contributed by atoms with Crippen LogP contribution in [0.1, 0.15) is 98.3 Å². The quantitative estimate of drug-likeness (QED) is 0.500. The van der Waals surface area contributed by atoms with Crippen LogP contribution in [0.4, 0.5) is 4.79 Å². The SMILES string of the molecule is CCOC(=O)N/N=C1\C=C2CC[C@H]3[C@@H](CC[C@@]4(C)[C@H]3C[C@H]3CCCC[C@]34C(C)=O)[C@@]2(C)CC1. The highest BCUT2D eigenvalue weighted by molar-refractivity contribution is 5.97. The Morgan fingerprint density at radius 2 is 1.91 bits per heavy atom. The molecule has 0 spiro atoms. The number of hydrogen-bond donors (Lipinski definition) is 1. The van der Waals surface area contributed by atoms with Gasteiger partial charge < -0.3 is 4.74 Å². The molecule has 4 fully saturated rings. The van der Waals surface area contributed by atoms with Gasteiger partial charge in [0.1, 0.15) is 5.78 Å². The Bertz CT molecular complexity index is 894. The normalized spacial score (nSPS) is 45.2. The number of carbonyl (C=O) groups excluding carboxylic acids is 2. The van der Waals surface area contributed by atoms with E-state index in [9.17, 15) is 9.59 Å². The predicted molar refractivity (Wildman–Crippen MR) is 130 cm³/mol. The second kappa shape index (κ2) is 8.23. The summed E-state index contributed by atoms with van der Waals surface area (Å²) in [7, 11) is 0. The number of hydrogen-bond acceptors (Lipinski definition) is 4. The molecule has 182 valence electrons. The van der Waals surface area contributed by atoms with E-state index in [1.807, 2.05) is 6.92 Å². The summed E-state index contributed by atoms with van der Waals surface area (Å²) >= 11 is 0. The summed E-state index contributed by atoms with van der Waals surface area (Å²) in [5.74, 6) is 3.25. The van der Waals surface area contributed by atoms with Gasteiger partial charge >= 0.3 is 6.09 Å². The number of nitrogens with zero attached hydrogens (tertiary/aromatic N) is 1. The smallest absolute Gasteiger partial charge is 0.427 e. The van der Waals surface area contributed by atoms with Gasteiger partial charge in [0.15, 0.2) is 0 Å². The van der Waals surface area contributed by atoms with Crippen LogP contribution in [0, 0.1) is 39.9 Å². The van der Waals surface area contributed by atoms with Gasteiger partial charge in [-0.3, -0.25) is 4.79 Å². The zero-order valence-corrected chi connectivity index (χ0v) is 21.0. The van der Waals surface area contributed by atoms with Crippen LogP contribution in [-0.4, -0.2) is 24.2 Å². The molecule has 5 rings (SSSR count). The van der Waals surface area contributed by atoms with Crippen LogP contribution in [0.2, 0.25) is 0 Å². The monoisotopic (exact) mass is 454 g/mol. The number of nitrogens with one attached hydrogen (secondary N) is 1. The van der Waals surface area contributed by atoms with Gasteiger partial charge in [-0.2, -0.15) is 5.10 Å². The van der Waals surface area contributed by atoms with Crippen LogP contribution in [0.25, 0.3) is 0 Å². The van der Waals surface area contributed by atoms with Crippen LogP contribution in [0.15, 0.2) is 16.8 Å². The van der Waals surface area contributed by atoms with Crippen LogP contribution in [-0.2, 0) is 9.53 Å². The molecule has 33 heavy (non-hydrogen) atoms. The second-order valence-corrected chi connectivity index (χ2v) is 12.1. The maximum atomic E-state index is 13.2. The van der Waals surface area contributed by atoms with Crippen molar-refractivity contribution in [3.63, 3.8) is 0 Å². The molecule has 1 amide bonds. The van der Waals surface area contributed by atoms with Crippen LogP contribution in [0.5, 0.6) is 0 Å². The Balaban J connectivity index is 1.40. The molecule has 0 aromatic carbocycles. The molecule has 7 atom stereocenters. The lowest BCUT2D eigenvalue weighted by Gasteiger charge is -2.60. The Labute approximate surface area is 199 Å². The molecule has 5 aliphatic carbocycles. The van der Waals surface area contributed by atoms with Gasteiger partial charge in [-0.25, -0.2) is 10.2 Å². The number of fused-ring (bicyclic) bond motifs is 7. The van der Waals surface area contributed by atoms with E-state index in [0.29, 0.717) is 30.1 Å². The van der Waals surface area contributed by atoms with Crippen LogP contribution in [0.3, 0.4) is 0 Å². The maximum absolute atomic E-state index is 13.2. The molecule has 0 aromatic heterocycles. The Kier molecular flexibility index (Phi) is 5.77. The molecule has 1 N–H and O–H groups in total. The summed E-state index contributed by atoms with van der Waals surface area (Å²) in [6, 6.07) is 0. The zero-order chi connectivity index (χ0) is 23.4. The van der Waals surface area contributed by atoms with Gasteiger partial charge in [0, 0.05) is 5.41 Å². The third-order valence-electron chi connectivity index (χ3n) is 11.2. The van der Waals surface area contributed by atoms with Gasteiger partial charge in [0.2, 0.25) is 0 Å². The minimum Gasteiger partial charge on any atom is -0.449 e. The number of ether oxygens (including phenoxy) is 1. The number of carbonyl (C=O) groups is 2. The fraction of sp³-hybridized carbons (Fsp3) is 0.821. The molecular formula is C28H42N2O3. The second-order valence-electron chi connectivity index (χ2n) is 12.1. The van der Waals surface area contributed by atoms with Crippen LogP contribution < -0.4 is 5.43 Å². The minimum atomic E-state index is -0.478. The molecule has 0 bridgehead atoms. The van der Waals surface area contributed by atoms with E-state index in [0.717, 1.165) is 37.3 Å². The predicted octanol–water partition coefficient (Wildman–Crippen LogP) is 6.43. The maximum Gasteiger partial charge on any atom is 0.427 e. The lowest BCUT2D eigenvalue weighted by molar-refractivity contribution is -0.147. The molecule has 5 aliphatic rings. The molecule has 4 saturated carbocycles. The Morgan fingerprint density at radius 3 is 2.67 bits per heavy atom. The van der Waals surface area contributed by atoms with E-state index < -0.39 is 6.09 Å². The summed E-state index contributed by atoms with van der Waals surface area (Å²) in [4.78, 5) is 24.9. The van der Waals surface area contributed by atoms with Crippen molar-refractivity contribution in [2.75, 3.05) is 6.61 Å². The topological polar surface area (TPSA) is 67.8 Å². The molecule has 5 nitrogen and oxygen atoms in total. The molecule has 0 aliphatic heterocycles. The average Bonchev–Trinajstić information content (AvgIpc) is 3.08. The van der Waals surface area contributed by atoms with E-state index in [2.05, 4.69) is 30.5 Å². The fourth-order valence-corrected chi connectivity index (χ4v) is 9.74. The molecule has 0 saturated heterocycles. The zero-order valence-electron chi connectivity index (χ0n) is 21.0. The number of hydrazone groups is 1. The fourth-order valence-electron chi connectivity index (χ4n) is 9.74. The van der Waals surface area contributed by atoms with E-state index in [-0.39, 0.29) is 16.2 Å². The third-order valence-corrected chi connectivity index (χ3v) is 11.2. The highest BCUT2D eigenvalue weighted by Crippen LogP contribution is 2.74. The molecule has 0 radical (unpaired) electrons. The number of ketones is 1. The molecule has 0 heterocycles. The first-order chi connectivity index (χ1) is 15.8. The molecular weight excluding hydrogens is 412 g/mol. The largest absolute Gasteiger partial charge is 0.449 e. The van der Waals surface area contributed by atoms with Crippen LogP contribution >= 0.6 is 0 Å². The third kappa shape index (κ3) is 3.27. The molecule has 0 unspecified atom stereocenters. The van der Waals surface area contributed by atoms with Crippen molar-refractivity contribution in [1.29, 1.82) is 0 Å². The number of allylic oxidation sites excluding steroid dienone is 2. The first-order valence-corrected chi connectivity index (χ1v) is 13.5. The summed E-state index contributed by atoms with van der Waals surface area (Å²) in [6.07, 6.45) is 14.8. The highest BCUT2D eigenvalue weighted by atomic mass is 16.5. The molecule has 0 aromatic rings. The highest BCUT2D eigenvalue weighted by Gasteiger charge is 2.69. The van der Waals surface area contributed by atoms with Gasteiger partial charge in [0.25, 0.3) is 0 Å².